The number of amides is 1. The van der Waals surface area contributed by atoms with Crippen molar-refractivity contribution >= 4 is 5.91 Å². The van der Waals surface area contributed by atoms with E-state index >= 15 is 0 Å². The van der Waals surface area contributed by atoms with Gasteiger partial charge in [-0.05, 0) is 62.2 Å². The molecule has 1 amide bonds. The number of likely N-dealkylation sites (tertiary alicyclic amines) is 1. The van der Waals surface area contributed by atoms with Crippen LogP contribution in [-0.2, 0) is 0 Å². The molecule has 132 valence electrons. The molecule has 3 rings (SSSR count). The van der Waals surface area contributed by atoms with Gasteiger partial charge >= 0.3 is 0 Å². The van der Waals surface area contributed by atoms with E-state index in [9.17, 15) is 4.79 Å². The van der Waals surface area contributed by atoms with E-state index in [-0.39, 0.29) is 0 Å². The van der Waals surface area contributed by atoms with Gasteiger partial charge in [-0.1, -0.05) is 30.7 Å². The third-order valence-electron chi connectivity index (χ3n) is 5.13. The van der Waals surface area contributed by atoms with Crippen LogP contribution < -0.4 is 10.5 Å². The Labute approximate surface area is 149 Å². The topological polar surface area (TPSA) is 55.6 Å². The quantitative estimate of drug-likeness (QED) is 0.896. The van der Waals surface area contributed by atoms with Crippen LogP contribution in [0.15, 0.2) is 42.5 Å². The van der Waals surface area contributed by atoms with E-state index in [0.29, 0.717) is 11.6 Å². The fourth-order valence-corrected chi connectivity index (χ4v) is 3.54. The van der Waals surface area contributed by atoms with E-state index in [2.05, 4.69) is 36.1 Å². The van der Waals surface area contributed by atoms with Crippen molar-refractivity contribution in [1.82, 2.24) is 4.90 Å². The zero-order valence-electron chi connectivity index (χ0n) is 15.0. The van der Waals surface area contributed by atoms with Crippen LogP contribution in [0.1, 0.15) is 48.1 Å². The molecule has 0 saturated carbocycles. The molecule has 1 heterocycles. The number of hydrogen-bond donors (Lipinski definition) is 1. The molecular formula is C21H26N2O2. The van der Waals surface area contributed by atoms with E-state index in [0.717, 1.165) is 16.9 Å². The highest BCUT2D eigenvalue weighted by Gasteiger charge is 2.18. The van der Waals surface area contributed by atoms with Crippen molar-refractivity contribution < 1.29 is 9.53 Å². The normalized spacial score (nSPS) is 16.4. The van der Waals surface area contributed by atoms with Crippen molar-refractivity contribution in [2.45, 2.75) is 32.2 Å². The maximum Gasteiger partial charge on any atom is 0.248 e. The van der Waals surface area contributed by atoms with Gasteiger partial charge in [-0.25, -0.2) is 0 Å². The minimum atomic E-state index is -0.431. The van der Waals surface area contributed by atoms with E-state index in [1.54, 1.807) is 25.3 Å². The van der Waals surface area contributed by atoms with Gasteiger partial charge in [0, 0.05) is 17.2 Å². The first-order valence-electron chi connectivity index (χ1n) is 8.92. The van der Waals surface area contributed by atoms with Crippen molar-refractivity contribution in [3.8, 4) is 16.9 Å². The van der Waals surface area contributed by atoms with Crippen LogP contribution in [-0.4, -0.2) is 31.0 Å². The summed E-state index contributed by atoms with van der Waals surface area (Å²) in [5.41, 5.74) is 9.12. The minimum Gasteiger partial charge on any atom is -0.496 e. The number of hydrogen-bond acceptors (Lipinski definition) is 3. The molecule has 1 fully saturated rings. The average molecular weight is 338 g/mol. The Morgan fingerprint density at radius 1 is 1.08 bits per heavy atom. The second-order valence-electron chi connectivity index (χ2n) is 6.67. The van der Waals surface area contributed by atoms with Crippen molar-refractivity contribution in [3.63, 3.8) is 0 Å². The molecule has 1 atom stereocenters. The molecule has 4 nitrogen and oxygen atoms in total. The molecule has 0 spiro atoms. The molecular weight excluding hydrogens is 312 g/mol. The molecule has 0 bridgehead atoms. The maximum absolute atomic E-state index is 11.5. The van der Waals surface area contributed by atoms with Gasteiger partial charge in [0.2, 0.25) is 5.91 Å². The lowest BCUT2D eigenvalue weighted by atomic mass is 9.97. The predicted molar refractivity (Wildman–Crippen MR) is 101 cm³/mol. The zero-order chi connectivity index (χ0) is 17.8. The number of nitrogens with zero attached hydrogens (tertiary/aromatic N) is 1. The summed E-state index contributed by atoms with van der Waals surface area (Å²) in [7, 11) is 1.63. The largest absolute Gasteiger partial charge is 0.496 e. The van der Waals surface area contributed by atoms with Crippen molar-refractivity contribution in [2.24, 2.45) is 5.73 Å². The minimum absolute atomic E-state index is 0.424. The Balaban J connectivity index is 1.87. The van der Waals surface area contributed by atoms with Crippen LogP contribution in [0.2, 0.25) is 0 Å². The molecule has 4 heteroatoms. The monoisotopic (exact) mass is 338 g/mol. The van der Waals surface area contributed by atoms with Crippen molar-refractivity contribution in [2.75, 3.05) is 20.2 Å². The van der Waals surface area contributed by atoms with E-state index in [1.807, 2.05) is 0 Å². The summed E-state index contributed by atoms with van der Waals surface area (Å²) in [6, 6.07) is 14.2. The SMILES string of the molecule is COc1ccc(C(N)=O)cc1-c1ccc([C@H](C)N2CCCCC2)cc1. The van der Waals surface area contributed by atoms with Crippen molar-refractivity contribution in [3.05, 3.63) is 53.6 Å². The first kappa shape index (κ1) is 17.5. The summed E-state index contributed by atoms with van der Waals surface area (Å²) in [4.78, 5) is 14.0. The van der Waals surface area contributed by atoms with Gasteiger partial charge in [-0.3, -0.25) is 9.69 Å². The number of carbonyl (C=O) groups is 1. The van der Waals surface area contributed by atoms with Crippen molar-refractivity contribution in [1.29, 1.82) is 0 Å². The second-order valence-corrected chi connectivity index (χ2v) is 6.67. The summed E-state index contributed by atoms with van der Waals surface area (Å²) in [5, 5.41) is 0. The number of benzene rings is 2. The smallest absolute Gasteiger partial charge is 0.248 e. The highest BCUT2D eigenvalue weighted by atomic mass is 16.5. The number of piperidine rings is 1. The van der Waals surface area contributed by atoms with Crippen LogP contribution in [0.25, 0.3) is 11.1 Å². The first-order valence-corrected chi connectivity index (χ1v) is 8.92. The lowest BCUT2D eigenvalue weighted by molar-refractivity contribution is 0.100. The van der Waals surface area contributed by atoms with E-state index < -0.39 is 5.91 Å². The Morgan fingerprint density at radius 3 is 2.36 bits per heavy atom. The molecule has 2 aromatic carbocycles. The van der Waals surface area contributed by atoms with Crippen LogP contribution >= 0.6 is 0 Å². The lowest BCUT2D eigenvalue weighted by Crippen LogP contribution is -2.32. The fraction of sp³-hybridized carbons (Fsp3) is 0.381. The van der Waals surface area contributed by atoms with Crippen LogP contribution in [0, 0.1) is 0 Å². The Kier molecular flexibility index (Phi) is 5.39. The summed E-state index contributed by atoms with van der Waals surface area (Å²) >= 11 is 0. The number of ether oxygens (including phenoxy) is 1. The van der Waals surface area contributed by atoms with Gasteiger partial charge in [0.15, 0.2) is 0 Å². The molecule has 2 aromatic rings. The number of methoxy groups -OCH3 is 1. The summed E-state index contributed by atoms with van der Waals surface area (Å²) in [6.45, 7) is 4.63. The Morgan fingerprint density at radius 2 is 1.76 bits per heavy atom. The predicted octanol–water partition coefficient (Wildman–Crippen LogP) is 4.01. The molecule has 0 aromatic heterocycles. The lowest BCUT2D eigenvalue weighted by Gasteiger charge is -2.32. The van der Waals surface area contributed by atoms with Gasteiger partial charge in [0.25, 0.3) is 0 Å². The number of rotatable bonds is 5. The third kappa shape index (κ3) is 3.85. The highest BCUT2D eigenvalue weighted by molar-refractivity contribution is 5.94. The average Bonchev–Trinajstić information content (AvgIpc) is 2.67. The first-order chi connectivity index (χ1) is 12.1. The molecule has 2 N–H and O–H groups in total. The van der Waals surface area contributed by atoms with Crippen LogP contribution in [0.4, 0.5) is 0 Å². The summed E-state index contributed by atoms with van der Waals surface area (Å²) in [5.74, 6) is 0.307. The van der Waals surface area contributed by atoms with Crippen LogP contribution in [0.3, 0.4) is 0 Å². The standard InChI is InChI=1S/C21H26N2O2/c1-15(23-12-4-3-5-13-23)16-6-8-17(9-7-16)19-14-18(21(22)24)10-11-20(19)25-2/h6-11,14-15H,3-5,12-13H2,1-2H3,(H2,22,24)/t15-/m0/s1. The maximum atomic E-state index is 11.5. The van der Waals surface area contributed by atoms with E-state index in [1.165, 1.54) is 37.9 Å². The van der Waals surface area contributed by atoms with Gasteiger partial charge in [0.05, 0.1) is 7.11 Å². The molecule has 25 heavy (non-hydrogen) atoms. The molecule has 0 radical (unpaired) electrons. The third-order valence-corrected chi connectivity index (χ3v) is 5.13. The van der Waals surface area contributed by atoms with Gasteiger partial charge in [0.1, 0.15) is 5.75 Å². The Bertz CT molecular complexity index is 734. The number of carbonyl (C=O) groups excluding carboxylic acids is 1. The molecule has 0 aliphatic carbocycles. The molecule has 1 aliphatic heterocycles. The zero-order valence-corrected chi connectivity index (χ0v) is 15.0. The summed E-state index contributed by atoms with van der Waals surface area (Å²) < 4.78 is 5.45. The highest BCUT2D eigenvalue weighted by Crippen LogP contribution is 2.32. The van der Waals surface area contributed by atoms with Gasteiger partial charge in [-0.15, -0.1) is 0 Å². The Hall–Kier alpha value is -2.33. The van der Waals surface area contributed by atoms with Gasteiger partial charge in [-0.2, -0.15) is 0 Å². The number of nitrogens with two attached hydrogens (primary N) is 1. The molecule has 1 saturated heterocycles. The molecule has 0 unspecified atom stereocenters. The second kappa shape index (κ2) is 7.70. The summed E-state index contributed by atoms with van der Waals surface area (Å²) in [6.07, 6.45) is 3.93. The van der Waals surface area contributed by atoms with Crippen LogP contribution in [0.5, 0.6) is 5.75 Å². The van der Waals surface area contributed by atoms with Gasteiger partial charge < -0.3 is 10.5 Å². The number of primary amides is 1. The van der Waals surface area contributed by atoms with E-state index in [4.69, 9.17) is 10.5 Å². The fourth-order valence-electron chi connectivity index (χ4n) is 3.54. The molecule has 1 aliphatic rings.